The lowest BCUT2D eigenvalue weighted by molar-refractivity contribution is 0.327. The summed E-state index contributed by atoms with van der Waals surface area (Å²) in [5, 5.41) is 0. The predicted octanol–water partition coefficient (Wildman–Crippen LogP) is 3.32. The average Bonchev–Trinajstić information content (AvgIpc) is 2.86. The second-order valence-corrected chi connectivity index (χ2v) is 4.86. The van der Waals surface area contributed by atoms with Gasteiger partial charge in [0.25, 0.3) is 0 Å². The number of benzene rings is 1. The van der Waals surface area contributed by atoms with Crippen LogP contribution in [0.3, 0.4) is 0 Å². The molecule has 2 rings (SSSR count). The summed E-state index contributed by atoms with van der Waals surface area (Å²) >= 11 is 0. The van der Waals surface area contributed by atoms with Crippen LogP contribution in [0, 0.1) is 5.92 Å². The Morgan fingerprint density at radius 3 is 2.65 bits per heavy atom. The Morgan fingerprint density at radius 1 is 1.29 bits per heavy atom. The van der Waals surface area contributed by atoms with Crippen molar-refractivity contribution in [2.75, 3.05) is 13.2 Å². The lowest BCUT2D eigenvalue weighted by atomic mass is 9.84. The zero-order valence-corrected chi connectivity index (χ0v) is 10.7. The van der Waals surface area contributed by atoms with Crippen LogP contribution in [-0.2, 0) is 0 Å². The van der Waals surface area contributed by atoms with Gasteiger partial charge in [-0.2, -0.15) is 0 Å². The van der Waals surface area contributed by atoms with E-state index in [-0.39, 0.29) is 0 Å². The van der Waals surface area contributed by atoms with Crippen molar-refractivity contribution in [1.29, 1.82) is 0 Å². The van der Waals surface area contributed by atoms with Crippen molar-refractivity contribution in [2.45, 2.75) is 38.5 Å². The number of hydrogen-bond acceptors (Lipinski definition) is 2. The summed E-state index contributed by atoms with van der Waals surface area (Å²) in [6.45, 7) is 3.48. The molecule has 94 valence electrons. The van der Waals surface area contributed by atoms with Gasteiger partial charge in [0, 0.05) is 5.92 Å². The zero-order chi connectivity index (χ0) is 12.1. The van der Waals surface area contributed by atoms with Crippen LogP contribution in [0.15, 0.2) is 24.3 Å². The Balaban J connectivity index is 2.22. The largest absolute Gasteiger partial charge is 0.494 e. The van der Waals surface area contributed by atoms with Crippen molar-refractivity contribution in [3.63, 3.8) is 0 Å². The van der Waals surface area contributed by atoms with Gasteiger partial charge < -0.3 is 10.5 Å². The first-order valence-corrected chi connectivity index (χ1v) is 6.78. The first kappa shape index (κ1) is 12.4. The molecule has 0 aromatic heterocycles. The number of ether oxygens (including phenoxy) is 1. The highest BCUT2D eigenvalue weighted by atomic mass is 16.5. The molecule has 0 spiro atoms. The van der Waals surface area contributed by atoms with Crippen LogP contribution >= 0.6 is 0 Å². The average molecular weight is 233 g/mol. The number of rotatable bonds is 5. The van der Waals surface area contributed by atoms with Gasteiger partial charge in [-0.25, -0.2) is 0 Å². The molecule has 1 aromatic carbocycles. The molecule has 0 aliphatic heterocycles. The molecular weight excluding hydrogens is 210 g/mol. The van der Waals surface area contributed by atoms with Crippen LogP contribution in [0.2, 0.25) is 0 Å². The highest BCUT2D eigenvalue weighted by molar-refractivity contribution is 5.37. The second kappa shape index (κ2) is 6.06. The number of para-hydroxylation sites is 1. The van der Waals surface area contributed by atoms with E-state index < -0.39 is 0 Å². The molecule has 0 amide bonds. The topological polar surface area (TPSA) is 35.2 Å². The van der Waals surface area contributed by atoms with Crippen molar-refractivity contribution in [3.05, 3.63) is 29.8 Å². The van der Waals surface area contributed by atoms with Crippen LogP contribution < -0.4 is 10.5 Å². The molecule has 0 radical (unpaired) electrons. The lowest BCUT2D eigenvalue weighted by Crippen LogP contribution is -2.20. The molecule has 1 aliphatic rings. The normalized spacial score (nSPS) is 18.2. The minimum Gasteiger partial charge on any atom is -0.494 e. The number of nitrogens with two attached hydrogens (primary N) is 1. The lowest BCUT2D eigenvalue weighted by Gasteiger charge is -2.24. The van der Waals surface area contributed by atoms with E-state index >= 15 is 0 Å². The molecule has 2 nitrogen and oxygen atoms in total. The van der Waals surface area contributed by atoms with Crippen molar-refractivity contribution in [2.24, 2.45) is 11.7 Å². The highest BCUT2D eigenvalue weighted by Gasteiger charge is 2.27. The first-order valence-electron chi connectivity index (χ1n) is 6.78. The van der Waals surface area contributed by atoms with Gasteiger partial charge in [-0.3, -0.25) is 0 Å². The molecule has 0 bridgehead atoms. The quantitative estimate of drug-likeness (QED) is 0.846. The van der Waals surface area contributed by atoms with E-state index in [4.69, 9.17) is 10.5 Å². The fourth-order valence-electron chi connectivity index (χ4n) is 3.01. The maximum atomic E-state index is 5.99. The Kier molecular flexibility index (Phi) is 4.43. The molecule has 2 heteroatoms. The van der Waals surface area contributed by atoms with Crippen LogP contribution in [-0.4, -0.2) is 13.2 Å². The standard InChI is InChI=1S/C15H23NO/c1-2-17-15-10-6-5-9-13(15)14(11-16)12-7-3-4-8-12/h5-6,9-10,12,14H,2-4,7-8,11,16H2,1H3. The van der Waals surface area contributed by atoms with Gasteiger partial charge >= 0.3 is 0 Å². The van der Waals surface area contributed by atoms with E-state index in [1.54, 1.807) is 0 Å². The summed E-state index contributed by atoms with van der Waals surface area (Å²) in [5.74, 6) is 2.25. The molecule has 1 aliphatic carbocycles. The molecule has 0 heterocycles. The van der Waals surface area contributed by atoms with E-state index in [0.29, 0.717) is 5.92 Å². The van der Waals surface area contributed by atoms with E-state index in [1.807, 2.05) is 13.0 Å². The van der Waals surface area contributed by atoms with Crippen LogP contribution in [0.1, 0.15) is 44.1 Å². The van der Waals surface area contributed by atoms with E-state index in [2.05, 4.69) is 18.2 Å². The Hall–Kier alpha value is -1.02. The van der Waals surface area contributed by atoms with Crippen LogP contribution in [0.4, 0.5) is 0 Å². The van der Waals surface area contributed by atoms with E-state index in [1.165, 1.54) is 31.2 Å². The van der Waals surface area contributed by atoms with E-state index in [9.17, 15) is 0 Å². The molecule has 1 unspecified atom stereocenters. The summed E-state index contributed by atoms with van der Waals surface area (Å²) in [6.07, 6.45) is 5.36. The maximum absolute atomic E-state index is 5.99. The number of hydrogen-bond donors (Lipinski definition) is 1. The molecule has 17 heavy (non-hydrogen) atoms. The molecule has 1 fully saturated rings. The van der Waals surface area contributed by atoms with Crippen LogP contribution in [0.5, 0.6) is 5.75 Å². The Bertz CT molecular complexity index is 345. The molecule has 2 N–H and O–H groups in total. The van der Waals surface area contributed by atoms with E-state index in [0.717, 1.165) is 24.8 Å². The van der Waals surface area contributed by atoms with Gasteiger partial charge in [-0.05, 0) is 43.9 Å². The van der Waals surface area contributed by atoms with Crippen molar-refractivity contribution in [1.82, 2.24) is 0 Å². The van der Waals surface area contributed by atoms with Crippen LogP contribution in [0.25, 0.3) is 0 Å². The Morgan fingerprint density at radius 2 is 2.00 bits per heavy atom. The Labute approximate surface area is 104 Å². The van der Waals surface area contributed by atoms with Crippen molar-refractivity contribution in [3.8, 4) is 5.75 Å². The van der Waals surface area contributed by atoms with Gasteiger partial charge in [-0.1, -0.05) is 31.0 Å². The third-order valence-corrected chi connectivity index (χ3v) is 3.84. The monoisotopic (exact) mass is 233 g/mol. The minimum atomic E-state index is 0.472. The third kappa shape index (κ3) is 2.81. The zero-order valence-electron chi connectivity index (χ0n) is 10.7. The van der Waals surface area contributed by atoms with Gasteiger partial charge in [-0.15, -0.1) is 0 Å². The predicted molar refractivity (Wildman–Crippen MR) is 71.4 cm³/mol. The molecular formula is C15H23NO. The highest BCUT2D eigenvalue weighted by Crippen LogP contribution is 2.39. The molecule has 0 saturated heterocycles. The maximum Gasteiger partial charge on any atom is 0.122 e. The van der Waals surface area contributed by atoms with Gasteiger partial charge in [0.05, 0.1) is 6.61 Å². The van der Waals surface area contributed by atoms with Gasteiger partial charge in [0.1, 0.15) is 5.75 Å². The van der Waals surface area contributed by atoms with Gasteiger partial charge in [0.15, 0.2) is 0 Å². The summed E-state index contributed by atoms with van der Waals surface area (Å²) in [4.78, 5) is 0. The third-order valence-electron chi connectivity index (χ3n) is 3.84. The van der Waals surface area contributed by atoms with Crippen molar-refractivity contribution < 1.29 is 4.74 Å². The van der Waals surface area contributed by atoms with Gasteiger partial charge in [0.2, 0.25) is 0 Å². The fourth-order valence-corrected chi connectivity index (χ4v) is 3.01. The fraction of sp³-hybridized carbons (Fsp3) is 0.600. The summed E-state index contributed by atoms with van der Waals surface area (Å²) in [5.41, 5.74) is 7.30. The first-order chi connectivity index (χ1) is 8.36. The minimum absolute atomic E-state index is 0.472. The molecule has 1 aromatic rings. The van der Waals surface area contributed by atoms with Crippen molar-refractivity contribution >= 4 is 0 Å². The summed E-state index contributed by atoms with van der Waals surface area (Å²) in [7, 11) is 0. The SMILES string of the molecule is CCOc1ccccc1C(CN)C1CCCC1. The summed E-state index contributed by atoms with van der Waals surface area (Å²) in [6, 6.07) is 8.38. The smallest absolute Gasteiger partial charge is 0.122 e. The molecule has 1 atom stereocenters. The second-order valence-electron chi connectivity index (χ2n) is 4.86. The molecule has 1 saturated carbocycles. The summed E-state index contributed by atoms with van der Waals surface area (Å²) < 4.78 is 5.72.